The van der Waals surface area contributed by atoms with E-state index in [4.69, 9.17) is 0 Å². The molecule has 0 saturated carbocycles. The molecule has 0 aromatic heterocycles. The van der Waals surface area contributed by atoms with Gasteiger partial charge in [-0.3, -0.25) is 4.79 Å². The molecule has 2 rings (SSSR count). The SMILES string of the molecule is CC(NCc1cccc(C(F)F)c1)C(=O)N1CCCCC1. The Morgan fingerprint density at radius 3 is 2.67 bits per heavy atom. The first kappa shape index (κ1) is 15.9. The van der Waals surface area contributed by atoms with Crippen molar-refractivity contribution >= 4 is 5.91 Å². The molecule has 1 aromatic carbocycles. The van der Waals surface area contributed by atoms with Crippen LogP contribution in [0.1, 0.15) is 43.7 Å². The van der Waals surface area contributed by atoms with Crippen LogP contribution in [0.15, 0.2) is 24.3 Å². The summed E-state index contributed by atoms with van der Waals surface area (Å²) in [4.78, 5) is 14.1. The van der Waals surface area contributed by atoms with Gasteiger partial charge in [-0.25, -0.2) is 8.78 Å². The molecule has 1 heterocycles. The van der Waals surface area contributed by atoms with E-state index in [1.165, 1.54) is 18.6 Å². The molecule has 0 bridgehead atoms. The molecule has 1 saturated heterocycles. The maximum absolute atomic E-state index is 12.6. The second kappa shape index (κ2) is 7.50. The summed E-state index contributed by atoms with van der Waals surface area (Å²) in [6, 6.07) is 6.01. The first-order chi connectivity index (χ1) is 10.1. The Labute approximate surface area is 124 Å². The number of nitrogens with zero attached hydrogens (tertiary/aromatic N) is 1. The van der Waals surface area contributed by atoms with Gasteiger partial charge < -0.3 is 10.2 Å². The zero-order valence-electron chi connectivity index (χ0n) is 12.3. The fraction of sp³-hybridized carbons (Fsp3) is 0.562. The number of rotatable bonds is 5. The van der Waals surface area contributed by atoms with Gasteiger partial charge in [-0.15, -0.1) is 0 Å². The van der Waals surface area contributed by atoms with Gasteiger partial charge in [-0.1, -0.05) is 18.2 Å². The van der Waals surface area contributed by atoms with Crippen molar-refractivity contribution in [2.24, 2.45) is 0 Å². The lowest BCUT2D eigenvalue weighted by Crippen LogP contribution is -2.46. The molecule has 1 unspecified atom stereocenters. The highest BCUT2D eigenvalue weighted by molar-refractivity contribution is 5.81. The van der Waals surface area contributed by atoms with Crippen LogP contribution < -0.4 is 5.32 Å². The second-order valence-electron chi connectivity index (χ2n) is 5.53. The van der Waals surface area contributed by atoms with Crippen LogP contribution in [-0.4, -0.2) is 29.9 Å². The number of halogens is 2. The van der Waals surface area contributed by atoms with Gasteiger partial charge in [-0.2, -0.15) is 0 Å². The summed E-state index contributed by atoms with van der Waals surface area (Å²) in [5, 5.41) is 3.13. The Bertz CT molecular complexity index is 473. The second-order valence-corrected chi connectivity index (χ2v) is 5.53. The molecule has 116 valence electrons. The van der Waals surface area contributed by atoms with Crippen molar-refractivity contribution in [1.29, 1.82) is 0 Å². The number of likely N-dealkylation sites (tertiary alicyclic amines) is 1. The lowest BCUT2D eigenvalue weighted by molar-refractivity contribution is -0.133. The van der Waals surface area contributed by atoms with Crippen LogP contribution in [0, 0.1) is 0 Å². The van der Waals surface area contributed by atoms with Gasteiger partial charge >= 0.3 is 0 Å². The van der Waals surface area contributed by atoms with Gasteiger partial charge in [0.25, 0.3) is 6.43 Å². The summed E-state index contributed by atoms with van der Waals surface area (Å²) < 4.78 is 25.3. The monoisotopic (exact) mass is 296 g/mol. The number of benzene rings is 1. The number of hydrogen-bond acceptors (Lipinski definition) is 2. The van der Waals surface area contributed by atoms with E-state index in [0.717, 1.165) is 31.5 Å². The minimum atomic E-state index is -2.46. The Morgan fingerprint density at radius 1 is 1.29 bits per heavy atom. The Balaban J connectivity index is 1.86. The van der Waals surface area contributed by atoms with Gasteiger partial charge in [0.2, 0.25) is 5.91 Å². The third kappa shape index (κ3) is 4.49. The van der Waals surface area contributed by atoms with Crippen LogP contribution in [0.5, 0.6) is 0 Å². The predicted molar refractivity (Wildman–Crippen MR) is 78.1 cm³/mol. The van der Waals surface area contributed by atoms with Crippen LogP contribution in [0.4, 0.5) is 8.78 Å². The molecule has 3 nitrogen and oxygen atoms in total. The summed E-state index contributed by atoms with van der Waals surface area (Å²) in [6.45, 7) is 3.90. The van der Waals surface area contributed by atoms with Crippen molar-refractivity contribution < 1.29 is 13.6 Å². The summed E-state index contributed by atoms with van der Waals surface area (Å²) in [7, 11) is 0. The van der Waals surface area contributed by atoms with E-state index in [1.807, 2.05) is 11.8 Å². The Morgan fingerprint density at radius 2 is 2.00 bits per heavy atom. The summed E-state index contributed by atoms with van der Waals surface area (Å²) in [5.74, 6) is 0.0970. The number of amides is 1. The first-order valence-electron chi connectivity index (χ1n) is 7.47. The van der Waals surface area contributed by atoms with Crippen molar-refractivity contribution in [3.05, 3.63) is 35.4 Å². The maximum Gasteiger partial charge on any atom is 0.263 e. The molecule has 21 heavy (non-hydrogen) atoms. The number of alkyl halides is 2. The predicted octanol–water partition coefficient (Wildman–Crippen LogP) is 3.11. The van der Waals surface area contributed by atoms with Gasteiger partial charge in [-0.05, 0) is 37.8 Å². The molecular formula is C16H22F2N2O. The van der Waals surface area contributed by atoms with E-state index in [-0.39, 0.29) is 17.5 Å². The molecule has 1 aliphatic rings. The van der Waals surface area contributed by atoms with Crippen LogP contribution in [0.3, 0.4) is 0 Å². The highest BCUT2D eigenvalue weighted by Gasteiger charge is 2.21. The molecule has 0 spiro atoms. The third-order valence-corrected chi connectivity index (χ3v) is 3.85. The van der Waals surface area contributed by atoms with Crippen molar-refractivity contribution in [2.75, 3.05) is 13.1 Å². The van der Waals surface area contributed by atoms with E-state index < -0.39 is 6.43 Å². The maximum atomic E-state index is 12.6. The highest BCUT2D eigenvalue weighted by Crippen LogP contribution is 2.19. The van der Waals surface area contributed by atoms with E-state index in [0.29, 0.717) is 6.54 Å². The minimum absolute atomic E-state index is 0.0179. The minimum Gasteiger partial charge on any atom is -0.341 e. The summed E-state index contributed by atoms with van der Waals surface area (Å²) >= 11 is 0. The molecule has 1 atom stereocenters. The fourth-order valence-corrected chi connectivity index (χ4v) is 2.59. The molecule has 5 heteroatoms. The largest absolute Gasteiger partial charge is 0.341 e. The number of hydrogen-bond donors (Lipinski definition) is 1. The lowest BCUT2D eigenvalue weighted by Gasteiger charge is -2.29. The molecule has 1 fully saturated rings. The van der Waals surface area contributed by atoms with E-state index in [9.17, 15) is 13.6 Å². The van der Waals surface area contributed by atoms with Crippen molar-refractivity contribution in [2.45, 2.75) is 45.2 Å². The van der Waals surface area contributed by atoms with Gasteiger partial charge in [0.15, 0.2) is 0 Å². The van der Waals surface area contributed by atoms with E-state index in [1.54, 1.807) is 12.1 Å². The lowest BCUT2D eigenvalue weighted by atomic mass is 10.1. The average molecular weight is 296 g/mol. The third-order valence-electron chi connectivity index (χ3n) is 3.85. The molecule has 1 N–H and O–H groups in total. The normalized spacial score (nSPS) is 17.0. The van der Waals surface area contributed by atoms with Crippen molar-refractivity contribution in [1.82, 2.24) is 10.2 Å². The molecular weight excluding hydrogens is 274 g/mol. The topological polar surface area (TPSA) is 32.3 Å². The van der Waals surface area contributed by atoms with Crippen LogP contribution in [0.25, 0.3) is 0 Å². The van der Waals surface area contributed by atoms with E-state index >= 15 is 0 Å². The van der Waals surface area contributed by atoms with Crippen molar-refractivity contribution in [3.63, 3.8) is 0 Å². The zero-order chi connectivity index (χ0) is 15.2. The van der Waals surface area contributed by atoms with Crippen molar-refractivity contribution in [3.8, 4) is 0 Å². The number of piperidine rings is 1. The van der Waals surface area contributed by atoms with Gasteiger partial charge in [0.05, 0.1) is 6.04 Å². The van der Waals surface area contributed by atoms with Gasteiger partial charge in [0.1, 0.15) is 0 Å². The number of nitrogens with one attached hydrogen (secondary N) is 1. The van der Waals surface area contributed by atoms with Crippen LogP contribution >= 0.6 is 0 Å². The number of carbonyl (C=O) groups is 1. The Hall–Kier alpha value is -1.49. The fourth-order valence-electron chi connectivity index (χ4n) is 2.59. The molecule has 1 amide bonds. The van der Waals surface area contributed by atoms with Crippen LogP contribution in [-0.2, 0) is 11.3 Å². The number of carbonyl (C=O) groups excluding carboxylic acids is 1. The standard InChI is InChI=1S/C16H22F2N2O/c1-12(16(21)20-8-3-2-4-9-20)19-11-13-6-5-7-14(10-13)15(17)18/h5-7,10,12,15,19H,2-4,8-9,11H2,1H3. The molecule has 0 aliphatic carbocycles. The summed E-state index contributed by atoms with van der Waals surface area (Å²) in [5.41, 5.74) is 0.787. The zero-order valence-corrected chi connectivity index (χ0v) is 12.3. The van der Waals surface area contributed by atoms with Crippen LogP contribution in [0.2, 0.25) is 0 Å². The quantitative estimate of drug-likeness (QED) is 0.905. The van der Waals surface area contributed by atoms with Gasteiger partial charge in [0, 0.05) is 25.2 Å². The average Bonchev–Trinajstić information content (AvgIpc) is 2.53. The smallest absolute Gasteiger partial charge is 0.263 e. The highest BCUT2D eigenvalue weighted by atomic mass is 19.3. The molecule has 0 radical (unpaired) electrons. The Kier molecular flexibility index (Phi) is 5.67. The molecule has 1 aromatic rings. The van der Waals surface area contributed by atoms with E-state index in [2.05, 4.69) is 5.32 Å². The first-order valence-corrected chi connectivity index (χ1v) is 7.47. The summed E-state index contributed by atoms with van der Waals surface area (Å²) in [6.07, 6.45) is 0.854. The molecule has 1 aliphatic heterocycles.